The largest absolute Gasteiger partial charge is 0.496 e. The van der Waals surface area contributed by atoms with E-state index in [1.165, 1.54) is 0 Å². The van der Waals surface area contributed by atoms with Crippen molar-refractivity contribution in [3.8, 4) is 22.6 Å². The zero-order chi connectivity index (χ0) is 23.2. The van der Waals surface area contributed by atoms with Gasteiger partial charge in [0.05, 0.1) is 25.9 Å². The number of rotatable bonds is 7. The molecular formula is C28H29NO4. The third-order valence-electron chi connectivity index (χ3n) is 6.03. The molecule has 0 saturated carbocycles. The Bertz CT molecular complexity index is 1110. The minimum Gasteiger partial charge on any atom is -0.496 e. The zero-order valence-corrected chi connectivity index (χ0v) is 19.0. The Labute approximate surface area is 194 Å². The lowest BCUT2D eigenvalue weighted by molar-refractivity contribution is 0.104. The van der Waals surface area contributed by atoms with E-state index in [1.54, 1.807) is 26.4 Å². The number of aliphatic hydroxyl groups excluding tert-OH is 1. The molecule has 1 N–H and O–H groups in total. The van der Waals surface area contributed by atoms with E-state index in [2.05, 4.69) is 4.90 Å². The summed E-state index contributed by atoms with van der Waals surface area (Å²) in [6, 6.07) is 21.3. The fourth-order valence-electron chi connectivity index (χ4n) is 4.20. The second kappa shape index (κ2) is 10.4. The van der Waals surface area contributed by atoms with E-state index in [4.69, 9.17) is 9.47 Å². The van der Waals surface area contributed by atoms with Gasteiger partial charge in [0, 0.05) is 29.9 Å². The molecule has 1 fully saturated rings. The predicted octanol–water partition coefficient (Wildman–Crippen LogP) is 5.23. The van der Waals surface area contributed by atoms with Crippen LogP contribution in [0.2, 0.25) is 0 Å². The molecule has 3 aromatic carbocycles. The van der Waals surface area contributed by atoms with Gasteiger partial charge >= 0.3 is 0 Å². The summed E-state index contributed by atoms with van der Waals surface area (Å²) < 4.78 is 11.3. The van der Waals surface area contributed by atoms with Gasteiger partial charge in [-0.3, -0.25) is 4.79 Å². The minimum absolute atomic E-state index is 0.0743. The van der Waals surface area contributed by atoms with Gasteiger partial charge < -0.3 is 19.5 Å². The quantitative estimate of drug-likeness (QED) is 0.400. The van der Waals surface area contributed by atoms with Gasteiger partial charge in [0.25, 0.3) is 0 Å². The molecule has 0 spiro atoms. The van der Waals surface area contributed by atoms with Crippen LogP contribution in [0.15, 0.2) is 72.8 Å². The lowest BCUT2D eigenvalue weighted by Gasteiger charge is -2.31. The van der Waals surface area contributed by atoms with Crippen LogP contribution in [0, 0.1) is 0 Å². The number of ketones is 1. The van der Waals surface area contributed by atoms with Crippen molar-refractivity contribution in [2.75, 3.05) is 32.2 Å². The van der Waals surface area contributed by atoms with Crippen LogP contribution in [0.1, 0.15) is 28.8 Å². The first-order chi connectivity index (χ1) is 16.1. The number of methoxy groups -OCH3 is 2. The number of benzene rings is 3. The Morgan fingerprint density at radius 1 is 0.939 bits per heavy atom. The molecule has 0 radical (unpaired) electrons. The maximum atomic E-state index is 12.8. The smallest absolute Gasteiger partial charge is 0.185 e. The predicted molar refractivity (Wildman–Crippen MR) is 132 cm³/mol. The van der Waals surface area contributed by atoms with Crippen LogP contribution in [0.4, 0.5) is 5.69 Å². The maximum absolute atomic E-state index is 12.8. The first kappa shape index (κ1) is 22.6. The van der Waals surface area contributed by atoms with Crippen LogP contribution in [0.25, 0.3) is 17.2 Å². The molecule has 170 valence electrons. The number of anilines is 1. The minimum atomic E-state index is -0.204. The molecule has 33 heavy (non-hydrogen) atoms. The number of nitrogens with zero attached hydrogens (tertiary/aromatic N) is 1. The second-order valence-corrected chi connectivity index (χ2v) is 8.09. The van der Waals surface area contributed by atoms with Gasteiger partial charge in [-0.1, -0.05) is 30.3 Å². The zero-order valence-electron chi connectivity index (χ0n) is 19.0. The molecular weight excluding hydrogens is 414 g/mol. The number of ether oxygens (including phenoxy) is 2. The van der Waals surface area contributed by atoms with Crippen molar-refractivity contribution in [1.82, 2.24) is 0 Å². The van der Waals surface area contributed by atoms with Crippen molar-refractivity contribution in [1.29, 1.82) is 0 Å². The summed E-state index contributed by atoms with van der Waals surface area (Å²) in [5.41, 5.74) is 4.34. The van der Waals surface area contributed by atoms with Crippen molar-refractivity contribution < 1.29 is 19.4 Å². The number of piperidine rings is 1. The third kappa shape index (κ3) is 5.10. The number of hydrogen-bond donors (Lipinski definition) is 1. The van der Waals surface area contributed by atoms with Gasteiger partial charge in [0.15, 0.2) is 5.78 Å². The molecule has 0 bridgehead atoms. The summed E-state index contributed by atoms with van der Waals surface area (Å²) in [6.45, 7) is 1.66. The molecule has 0 unspecified atom stereocenters. The highest BCUT2D eigenvalue weighted by molar-refractivity contribution is 6.07. The average Bonchev–Trinajstić information content (AvgIpc) is 2.87. The average molecular weight is 444 g/mol. The van der Waals surface area contributed by atoms with Gasteiger partial charge in [-0.25, -0.2) is 0 Å². The van der Waals surface area contributed by atoms with E-state index in [-0.39, 0.29) is 11.9 Å². The summed E-state index contributed by atoms with van der Waals surface area (Å²) >= 11 is 0. The highest BCUT2D eigenvalue weighted by Gasteiger charge is 2.18. The molecule has 4 rings (SSSR count). The Balaban J connectivity index is 1.56. The molecule has 0 aromatic heterocycles. The molecule has 0 amide bonds. The summed E-state index contributed by atoms with van der Waals surface area (Å²) in [4.78, 5) is 15.1. The normalized spacial score (nSPS) is 14.5. The topological polar surface area (TPSA) is 59.0 Å². The number of hydrogen-bond acceptors (Lipinski definition) is 5. The molecule has 5 nitrogen and oxygen atoms in total. The van der Waals surface area contributed by atoms with E-state index in [1.807, 2.05) is 66.7 Å². The molecule has 3 aromatic rings. The monoisotopic (exact) mass is 443 g/mol. The lowest BCUT2D eigenvalue weighted by Crippen LogP contribution is -2.35. The summed E-state index contributed by atoms with van der Waals surface area (Å²) in [6.07, 6.45) is 4.71. The number of carbonyl (C=O) groups is 1. The molecule has 0 atom stereocenters. The van der Waals surface area contributed by atoms with Crippen LogP contribution < -0.4 is 14.4 Å². The standard InChI is InChI=1S/C28H29NO4/c1-32-26-15-11-22(28(33-2)27(26)21-6-4-3-5-7-21)10-14-25(31)20-8-12-23(13-9-20)29-18-16-24(30)17-19-29/h3-15,24,30H,16-19H2,1-2H3/b14-10+. The molecule has 1 saturated heterocycles. The number of aliphatic hydroxyl groups is 1. The van der Waals surface area contributed by atoms with Crippen LogP contribution in [0.5, 0.6) is 11.5 Å². The highest BCUT2D eigenvalue weighted by Crippen LogP contribution is 2.41. The molecule has 1 aliphatic rings. The maximum Gasteiger partial charge on any atom is 0.185 e. The fraction of sp³-hybridized carbons (Fsp3) is 0.250. The van der Waals surface area contributed by atoms with Crippen molar-refractivity contribution >= 4 is 17.5 Å². The van der Waals surface area contributed by atoms with Crippen molar-refractivity contribution in [2.24, 2.45) is 0 Å². The Morgan fingerprint density at radius 2 is 1.64 bits per heavy atom. The molecule has 5 heteroatoms. The van der Waals surface area contributed by atoms with Gasteiger partial charge in [0.2, 0.25) is 0 Å². The van der Waals surface area contributed by atoms with E-state index < -0.39 is 0 Å². The van der Waals surface area contributed by atoms with Gasteiger partial charge in [-0.05, 0) is 67.0 Å². The van der Waals surface area contributed by atoms with Crippen LogP contribution in [-0.2, 0) is 0 Å². The molecule has 0 aliphatic carbocycles. The van der Waals surface area contributed by atoms with Crippen molar-refractivity contribution in [2.45, 2.75) is 18.9 Å². The highest BCUT2D eigenvalue weighted by atomic mass is 16.5. The summed E-state index contributed by atoms with van der Waals surface area (Å²) in [5, 5.41) is 9.70. The first-order valence-electron chi connectivity index (χ1n) is 11.2. The second-order valence-electron chi connectivity index (χ2n) is 8.09. The van der Waals surface area contributed by atoms with E-state index in [0.29, 0.717) is 17.1 Å². The van der Waals surface area contributed by atoms with E-state index >= 15 is 0 Å². The SMILES string of the molecule is COc1ccc(/C=C/C(=O)c2ccc(N3CCC(O)CC3)cc2)c(OC)c1-c1ccccc1. The van der Waals surface area contributed by atoms with Crippen LogP contribution in [0.3, 0.4) is 0 Å². The van der Waals surface area contributed by atoms with Gasteiger partial charge in [-0.15, -0.1) is 0 Å². The molecule has 1 aliphatic heterocycles. The van der Waals surface area contributed by atoms with Gasteiger partial charge in [0.1, 0.15) is 11.5 Å². The first-order valence-corrected chi connectivity index (χ1v) is 11.2. The lowest BCUT2D eigenvalue weighted by atomic mass is 9.99. The Hall–Kier alpha value is -3.57. The summed E-state index contributed by atoms with van der Waals surface area (Å²) in [7, 11) is 3.26. The molecule has 1 heterocycles. The van der Waals surface area contributed by atoms with E-state index in [9.17, 15) is 9.90 Å². The summed E-state index contributed by atoms with van der Waals surface area (Å²) in [5.74, 6) is 1.30. The Morgan fingerprint density at radius 3 is 2.27 bits per heavy atom. The van der Waals surface area contributed by atoms with E-state index in [0.717, 1.165) is 48.3 Å². The van der Waals surface area contributed by atoms with Crippen LogP contribution in [-0.4, -0.2) is 44.3 Å². The third-order valence-corrected chi connectivity index (χ3v) is 6.03. The number of carbonyl (C=O) groups excluding carboxylic acids is 1. The number of allylic oxidation sites excluding steroid dienone is 1. The Kier molecular flexibility index (Phi) is 7.10. The van der Waals surface area contributed by atoms with Gasteiger partial charge in [-0.2, -0.15) is 0 Å². The van der Waals surface area contributed by atoms with Crippen molar-refractivity contribution in [3.63, 3.8) is 0 Å². The fourth-order valence-corrected chi connectivity index (χ4v) is 4.20. The van der Waals surface area contributed by atoms with Crippen molar-refractivity contribution in [3.05, 3.63) is 83.9 Å². The van der Waals surface area contributed by atoms with Crippen LogP contribution >= 0.6 is 0 Å².